The van der Waals surface area contributed by atoms with Gasteiger partial charge in [-0.1, -0.05) is 35.4 Å². The van der Waals surface area contributed by atoms with Gasteiger partial charge in [0.05, 0.1) is 4.90 Å². The predicted octanol–water partition coefficient (Wildman–Crippen LogP) is 2.66. The zero-order chi connectivity index (χ0) is 20.2. The van der Waals surface area contributed by atoms with E-state index in [0.29, 0.717) is 5.56 Å². The fraction of sp³-hybridized carbons (Fsp3) is 0.300. The minimum Gasteiger partial charge on any atom is -0.456 e. The molecular weight excluding hydrogens is 366 g/mol. The molecule has 2 aromatic rings. The van der Waals surface area contributed by atoms with Crippen LogP contribution in [0.5, 0.6) is 0 Å². The van der Waals surface area contributed by atoms with Crippen LogP contribution in [-0.4, -0.2) is 44.7 Å². The summed E-state index contributed by atoms with van der Waals surface area (Å²) in [5, 5.41) is 0. The molecule has 0 N–H and O–H groups in total. The van der Waals surface area contributed by atoms with E-state index in [1.807, 2.05) is 26.0 Å². The van der Waals surface area contributed by atoms with E-state index >= 15 is 0 Å². The first-order valence-corrected chi connectivity index (χ1v) is 9.84. The number of benzene rings is 2. The summed E-state index contributed by atoms with van der Waals surface area (Å²) in [5.41, 5.74) is 3.14. The lowest BCUT2D eigenvalue weighted by Crippen LogP contribution is -2.33. The number of hydrogen-bond acceptors (Lipinski definition) is 5. The van der Waals surface area contributed by atoms with Gasteiger partial charge in [-0.05, 0) is 44.5 Å². The molecule has 144 valence electrons. The molecule has 0 amide bonds. The lowest BCUT2D eigenvalue weighted by atomic mass is 10.0. The number of aryl methyl sites for hydroxylation is 3. The number of sulfonamides is 1. The molecule has 0 atom stereocenters. The summed E-state index contributed by atoms with van der Waals surface area (Å²) in [6.45, 7) is 4.62. The van der Waals surface area contributed by atoms with Crippen LogP contribution in [-0.2, 0) is 19.6 Å². The molecule has 0 aliphatic heterocycles. The van der Waals surface area contributed by atoms with Crippen LogP contribution >= 0.6 is 0 Å². The van der Waals surface area contributed by atoms with Crippen LogP contribution < -0.4 is 0 Å². The number of carbonyl (C=O) groups is 2. The quantitative estimate of drug-likeness (QED) is 0.537. The van der Waals surface area contributed by atoms with Gasteiger partial charge in [-0.25, -0.2) is 8.42 Å². The second-order valence-electron chi connectivity index (χ2n) is 6.48. The average Bonchev–Trinajstić information content (AvgIpc) is 2.62. The van der Waals surface area contributed by atoms with Crippen LogP contribution in [0.1, 0.15) is 27.0 Å². The fourth-order valence-electron chi connectivity index (χ4n) is 2.46. The lowest BCUT2D eigenvalue weighted by Gasteiger charge is -2.16. The molecule has 0 aromatic heterocycles. The number of esters is 1. The maximum Gasteiger partial charge on any atom is 0.321 e. The van der Waals surface area contributed by atoms with E-state index in [0.717, 1.165) is 21.0 Å². The highest BCUT2D eigenvalue weighted by molar-refractivity contribution is 7.89. The maximum absolute atomic E-state index is 12.5. The van der Waals surface area contributed by atoms with E-state index in [1.54, 1.807) is 25.1 Å². The smallest absolute Gasteiger partial charge is 0.321 e. The first-order valence-electron chi connectivity index (χ1n) is 8.40. The van der Waals surface area contributed by atoms with Crippen LogP contribution in [0.3, 0.4) is 0 Å². The number of Topliss-reactive ketones (excluding diaryl/α,β-unsaturated/α-hetero) is 1. The molecule has 7 heteroatoms. The van der Waals surface area contributed by atoms with Crippen LogP contribution in [0.4, 0.5) is 0 Å². The van der Waals surface area contributed by atoms with E-state index in [9.17, 15) is 18.0 Å². The Labute approximate surface area is 159 Å². The summed E-state index contributed by atoms with van der Waals surface area (Å²) in [6, 6.07) is 11.8. The van der Waals surface area contributed by atoms with Crippen molar-refractivity contribution in [3.8, 4) is 0 Å². The normalized spacial score (nSPS) is 11.4. The number of likely N-dealkylation sites (N-methyl/N-ethyl adjacent to an activating group) is 1. The summed E-state index contributed by atoms with van der Waals surface area (Å²) in [4.78, 5) is 24.3. The molecule has 6 nitrogen and oxygen atoms in total. The van der Waals surface area contributed by atoms with Crippen molar-refractivity contribution in [3.05, 3.63) is 64.7 Å². The molecule has 2 rings (SSSR count). The summed E-state index contributed by atoms with van der Waals surface area (Å²) in [5.74, 6) is -1.11. The van der Waals surface area contributed by atoms with Gasteiger partial charge in [0.2, 0.25) is 15.8 Å². The van der Waals surface area contributed by atoms with Crippen molar-refractivity contribution in [2.24, 2.45) is 0 Å². The van der Waals surface area contributed by atoms with Gasteiger partial charge in [0.15, 0.2) is 6.61 Å². The third-order valence-electron chi connectivity index (χ3n) is 4.14. The Balaban J connectivity index is 1.97. The minimum absolute atomic E-state index is 0.0925. The van der Waals surface area contributed by atoms with Gasteiger partial charge in [0, 0.05) is 12.6 Å². The van der Waals surface area contributed by atoms with E-state index in [-0.39, 0.29) is 10.7 Å². The highest BCUT2D eigenvalue weighted by Crippen LogP contribution is 2.15. The Morgan fingerprint density at radius 1 is 0.963 bits per heavy atom. The number of ether oxygens (including phenoxy) is 1. The molecule has 0 saturated carbocycles. The zero-order valence-corrected chi connectivity index (χ0v) is 16.7. The second-order valence-corrected chi connectivity index (χ2v) is 8.52. The van der Waals surface area contributed by atoms with Crippen molar-refractivity contribution in [2.75, 3.05) is 20.2 Å². The van der Waals surface area contributed by atoms with Crippen molar-refractivity contribution >= 4 is 21.8 Å². The molecule has 0 radical (unpaired) electrons. The average molecular weight is 389 g/mol. The van der Waals surface area contributed by atoms with Gasteiger partial charge in [0.25, 0.3) is 0 Å². The van der Waals surface area contributed by atoms with Gasteiger partial charge in [-0.2, -0.15) is 4.31 Å². The summed E-state index contributed by atoms with van der Waals surface area (Å²) < 4.78 is 30.8. The van der Waals surface area contributed by atoms with Crippen molar-refractivity contribution in [1.29, 1.82) is 0 Å². The molecule has 0 spiro atoms. The Morgan fingerprint density at radius 3 is 2.19 bits per heavy atom. The molecule has 27 heavy (non-hydrogen) atoms. The third kappa shape index (κ3) is 5.24. The number of nitrogens with zero attached hydrogens (tertiary/aromatic N) is 1. The minimum atomic E-state index is -3.81. The zero-order valence-electron chi connectivity index (χ0n) is 15.9. The van der Waals surface area contributed by atoms with E-state index in [4.69, 9.17) is 4.74 Å². The van der Waals surface area contributed by atoms with Crippen molar-refractivity contribution in [3.63, 3.8) is 0 Å². The number of hydrogen-bond donors (Lipinski definition) is 0. The monoisotopic (exact) mass is 389 g/mol. The first kappa shape index (κ1) is 20.8. The number of ketones is 1. The maximum atomic E-state index is 12.5. The Kier molecular flexibility index (Phi) is 6.51. The van der Waals surface area contributed by atoms with Crippen molar-refractivity contribution < 1.29 is 22.7 Å². The molecule has 0 aliphatic carbocycles. The van der Waals surface area contributed by atoms with E-state index in [1.165, 1.54) is 19.2 Å². The summed E-state index contributed by atoms with van der Waals surface area (Å²) >= 11 is 0. The lowest BCUT2D eigenvalue weighted by molar-refractivity contribution is -0.142. The van der Waals surface area contributed by atoms with E-state index in [2.05, 4.69) is 0 Å². The topological polar surface area (TPSA) is 80.8 Å². The highest BCUT2D eigenvalue weighted by atomic mass is 32.2. The molecule has 2 aromatic carbocycles. The largest absolute Gasteiger partial charge is 0.456 e. The SMILES string of the molecule is Cc1ccc(S(=O)(=O)N(C)CC(=O)OCC(=O)c2cc(C)ccc2C)cc1. The Hall–Kier alpha value is -2.51. The standard InChI is InChI=1S/C20H23NO5S/c1-14-6-9-17(10-7-14)27(24,25)21(4)12-20(23)26-13-19(22)18-11-15(2)5-8-16(18)3/h5-11H,12-13H2,1-4H3. The van der Waals surface area contributed by atoms with Gasteiger partial charge >= 0.3 is 5.97 Å². The highest BCUT2D eigenvalue weighted by Gasteiger charge is 2.24. The number of carbonyl (C=O) groups excluding carboxylic acids is 2. The Morgan fingerprint density at radius 2 is 1.56 bits per heavy atom. The molecule has 0 saturated heterocycles. The third-order valence-corrected chi connectivity index (χ3v) is 5.96. The molecule has 0 fully saturated rings. The second kappa shape index (κ2) is 8.45. The molecule has 0 heterocycles. The molecule has 0 bridgehead atoms. The summed E-state index contributed by atoms with van der Waals surface area (Å²) in [6.07, 6.45) is 0. The van der Waals surface area contributed by atoms with Gasteiger partial charge in [-0.15, -0.1) is 0 Å². The van der Waals surface area contributed by atoms with Crippen LogP contribution in [0.15, 0.2) is 47.4 Å². The molecule has 0 unspecified atom stereocenters. The van der Waals surface area contributed by atoms with Crippen LogP contribution in [0, 0.1) is 20.8 Å². The molecule has 0 aliphatic rings. The van der Waals surface area contributed by atoms with Gasteiger partial charge in [-0.3, -0.25) is 9.59 Å². The first-order chi connectivity index (χ1) is 12.6. The predicted molar refractivity (Wildman–Crippen MR) is 102 cm³/mol. The van der Waals surface area contributed by atoms with E-state index < -0.39 is 29.1 Å². The van der Waals surface area contributed by atoms with Gasteiger partial charge in [0.1, 0.15) is 6.54 Å². The summed E-state index contributed by atoms with van der Waals surface area (Å²) in [7, 11) is -2.51. The van der Waals surface area contributed by atoms with Crippen molar-refractivity contribution in [1.82, 2.24) is 4.31 Å². The fourth-order valence-corrected chi connectivity index (χ4v) is 3.58. The van der Waals surface area contributed by atoms with Crippen LogP contribution in [0.25, 0.3) is 0 Å². The Bertz CT molecular complexity index is 949. The van der Waals surface area contributed by atoms with Crippen LogP contribution in [0.2, 0.25) is 0 Å². The van der Waals surface area contributed by atoms with Crippen molar-refractivity contribution in [2.45, 2.75) is 25.7 Å². The number of rotatable bonds is 7. The molecular formula is C20H23NO5S. The van der Waals surface area contributed by atoms with Gasteiger partial charge < -0.3 is 4.74 Å².